The average molecular weight is 304 g/mol. The third kappa shape index (κ3) is 4.26. The Morgan fingerprint density at radius 1 is 1.33 bits per heavy atom. The number of nitrogen functional groups attached to an aromatic ring is 1. The molecule has 0 atom stereocenters. The van der Waals surface area contributed by atoms with Crippen LogP contribution in [0.4, 0.5) is 5.69 Å². The highest BCUT2D eigenvalue weighted by Gasteiger charge is 2.10. The van der Waals surface area contributed by atoms with Crippen molar-refractivity contribution in [2.75, 3.05) is 24.3 Å². The predicted molar refractivity (Wildman–Crippen MR) is 87.9 cm³/mol. The number of anilines is 1. The minimum atomic E-state index is -0.146. The molecule has 112 valence electrons. The number of hydrogen-bond acceptors (Lipinski definition) is 4. The molecule has 1 heterocycles. The predicted octanol–water partition coefficient (Wildman–Crippen LogP) is 2.33. The second-order valence-corrected chi connectivity index (χ2v) is 5.65. The molecule has 0 unspecified atom stereocenters. The molecule has 6 heteroatoms. The van der Waals surface area contributed by atoms with Crippen LogP contribution in [0, 0.1) is 0 Å². The average Bonchev–Trinajstić information content (AvgIpc) is 2.97. The van der Waals surface area contributed by atoms with Crippen LogP contribution in [-0.2, 0) is 0 Å². The van der Waals surface area contributed by atoms with E-state index < -0.39 is 0 Å². The molecule has 1 aromatic heterocycles. The molecule has 21 heavy (non-hydrogen) atoms. The van der Waals surface area contributed by atoms with Crippen LogP contribution in [-0.4, -0.2) is 34.2 Å². The van der Waals surface area contributed by atoms with E-state index in [9.17, 15) is 4.79 Å². The van der Waals surface area contributed by atoms with Gasteiger partial charge in [0.2, 0.25) is 0 Å². The highest BCUT2D eigenvalue weighted by atomic mass is 32.2. The van der Waals surface area contributed by atoms with Gasteiger partial charge in [-0.2, -0.15) is 16.9 Å². The summed E-state index contributed by atoms with van der Waals surface area (Å²) < 4.78 is 1.62. The quantitative estimate of drug-likeness (QED) is 0.608. The summed E-state index contributed by atoms with van der Waals surface area (Å²) in [6.45, 7) is 0.680. The second kappa shape index (κ2) is 7.73. The van der Waals surface area contributed by atoms with E-state index in [2.05, 4.69) is 16.7 Å². The second-order valence-electron chi connectivity index (χ2n) is 4.66. The van der Waals surface area contributed by atoms with Crippen LogP contribution in [0.15, 0.2) is 36.5 Å². The van der Waals surface area contributed by atoms with Crippen molar-refractivity contribution in [1.29, 1.82) is 0 Å². The summed E-state index contributed by atoms with van der Waals surface area (Å²) in [5, 5.41) is 7.16. The van der Waals surface area contributed by atoms with Gasteiger partial charge in [0.25, 0.3) is 5.91 Å². The molecule has 3 N–H and O–H groups in total. The SMILES string of the molecule is CSCCCCNC(=O)c1ccn(-c2ccccc2N)n1. The largest absolute Gasteiger partial charge is 0.397 e. The Kier molecular flexibility index (Phi) is 5.68. The number of para-hydroxylation sites is 2. The van der Waals surface area contributed by atoms with E-state index in [1.807, 2.05) is 36.0 Å². The summed E-state index contributed by atoms with van der Waals surface area (Å²) in [6.07, 6.45) is 5.92. The third-order valence-electron chi connectivity index (χ3n) is 3.07. The van der Waals surface area contributed by atoms with Gasteiger partial charge in [-0.15, -0.1) is 0 Å². The van der Waals surface area contributed by atoms with E-state index in [-0.39, 0.29) is 5.91 Å². The van der Waals surface area contributed by atoms with Gasteiger partial charge in [0.15, 0.2) is 5.69 Å². The molecule has 0 radical (unpaired) electrons. The minimum absolute atomic E-state index is 0.146. The third-order valence-corrected chi connectivity index (χ3v) is 3.76. The highest BCUT2D eigenvalue weighted by Crippen LogP contribution is 2.15. The zero-order valence-electron chi connectivity index (χ0n) is 12.1. The van der Waals surface area contributed by atoms with Crippen molar-refractivity contribution in [3.63, 3.8) is 0 Å². The van der Waals surface area contributed by atoms with Gasteiger partial charge in [0.05, 0.1) is 11.4 Å². The fourth-order valence-corrected chi connectivity index (χ4v) is 2.43. The van der Waals surface area contributed by atoms with Crippen molar-refractivity contribution in [3.05, 3.63) is 42.2 Å². The van der Waals surface area contributed by atoms with E-state index in [0.717, 1.165) is 24.3 Å². The first kappa shape index (κ1) is 15.4. The number of amides is 1. The van der Waals surface area contributed by atoms with Gasteiger partial charge >= 0.3 is 0 Å². The fourth-order valence-electron chi connectivity index (χ4n) is 1.94. The van der Waals surface area contributed by atoms with E-state index in [0.29, 0.717) is 17.9 Å². The Labute approximate surface area is 128 Å². The van der Waals surface area contributed by atoms with Gasteiger partial charge in [-0.05, 0) is 43.0 Å². The Bertz CT molecular complexity index is 597. The topological polar surface area (TPSA) is 72.9 Å². The highest BCUT2D eigenvalue weighted by molar-refractivity contribution is 7.98. The van der Waals surface area contributed by atoms with Gasteiger partial charge in [-0.3, -0.25) is 4.79 Å². The number of nitrogens with one attached hydrogen (secondary N) is 1. The van der Waals surface area contributed by atoms with E-state index in [1.165, 1.54) is 0 Å². The molecule has 0 aliphatic rings. The molecule has 0 fully saturated rings. The molecule has 2 aromatic rings. The zero-order chi connectivity index (χ0) is 15.1. The molecule has 0 aliphatic heterocycles. The number of hydrogen-bond donors (Lipinski definition) is 2. The Balaban J connectivity index is 1.94. The maximum Gasteiger partial charge on any atom is 0.271 e. The first-order valence-electron chi connectivity index (χ1n) is 6.90. The normalized spacial score (nSPS) is 10.5. The van der Waals surface area contributed by atoms with Crippen LogP contribution in [0.5, 0.6) is 0 Å². The smallest absolute Gasteiger partial charge is 0.271 e. The van der Waals surface area contributed by atoms with Crippen LogP contribution in [0.25, 0.3) is 5.69 Å². The first-order valence-corrected chi connectivity index (χ1v) is 8.29. The number of rotatable bonds is 7. The van der Waals surface area contributed by atoms with Crippen LogP contribution < -0.4 is 11.1 Å². The number of unbranched alkanes of at least 4 members (excludes halogenated alkanes) is 1. The van der Waals surface area contributed by atoms with Crippen molar-refractivity contribution in [2.24, 2.45) is 0 Å². The van der Waals surface area contributed by atoms with Crippen LogP contribution in [0.1, 0.15) is 23.3 Å². The van der Waals surface area contributed by atoms with Gasteiger partial charge < -0.3 is 11.1 Å². The molecular weight excluding hydrogens is 284 g/mol. The number of aromatic nitrogens is 2. The molecule has 0 saturated heterocycles. The number of benzene rings is 1. The number of carbonyl (C=O) groups excluding carboxylic acids is 1. The summed E-state index contributed by atoms with van der Waals surface area (Å²) in [5.41, 5.74) is 7.71. The maximum absolute atomic E-state index is 12.0. The molecule has 0 bridgehead atoms. The summed E-state index contributed by atoms with van der Waals surface area (Å²) in [5.74, 6) is 0.977. The number of nitrogens with zero attached hydrogens (tertiary/aromatic N) is 2. The summed E-state index contributed by atoms with van der Waals surface area (Å²) in [6, 6.07) is 9.13. The molecule has 1 aromatic carbocycles. The molecule has 0 saturated carbocycles. The number of nitrogens with two attached hydrogens (primary N) is 1. The van der Waals surface area contributed by atoms with Crippen molar-refractivity contribution in [3.8, 4) is 5.69 Å². The van der Waals surface area contributed by atoms with Crippen LogP contribution in [0.2, 0.25) is 0 Å². The zero-order valence-corrected chi connectivity index (χ0v) is 12.9. The van der Waals surface area contributed by atoms with Crippen molar-refractivity contribution >= 4 is 23.4 Å². The Hall–Kier alpha value is -1.95. The molecule has 0 aliphatic carbocycles. The van der Waals surface area contributed by atoms with Gasteiger partial charge in [0.1, 0.15) is 0 Å². The Morgan fingerprint density at radius 3 is 2.90 bits per heavy atom. The van der Waals surface area contributed by atoms with E-state index in [1.54, 1.807) is 16.9 Å². The number of carbonyl (C=O) groups is 1. The standard InChI is InChI=1S/C15H20N4OS/c1-21-11-5-4-9-17-15(20)13-8-10-19(18-13)14-7-3-2-6-12(14)16/h2-3,6-8,10H,4-5,9,11,16H2,1H3,(H,17,20). The van der Waals surface area contributed by atoms with Crippen molar-refractivity contribution in [2.45, 2.75) is 12.8 Å². The molecule has 1 amide bonds. The molecule has 2 rings (SSSR count). The fraction of sp³-hybridized carbons (Fsp3) is 0.333. The lowest BCUT2D eigenvalue weighted by atomic mass is 10.3. The lowest BCUT2D eigenvalue weighted by Crippen LogP contribution is -2.25. The van der Waals surface area contributed by atoms with Crippen LogP contribution >= 0.6 is 11.8 Å². The summed E-state index contributed by atoms with van der Waals surface area (Å²) in [4.78, 5) is 12.0. The lowest BCUT2D eigenvalue weighted by Gasteiger charge is -2.05. The van der Waals surface area contributed by atoms with Gasteiger partial charge in [-0.25, -0.2) is 4.68 Å². The summed E-state index contributed by atoms with van der Waals surface area (Å²) in [7, 11) is 0. The minimum Gasteiger partial charge on any atom is -0.397 e. The molecular formula is C15H20N4OS. The maximum atomic E-state index is 12.0. The van der Waals surface area contributed by atoms with Crippen LogP contribution in [0.3, 0.4) is 0 Å². The molecule has 5 nitrogen and oxygen atoms in total. The monoisotopic (exact) mass is 304 g/mol. The van der Waals surface area contributed by atoms with Gasteiger partial charge in [0, 0.05) is 12.7 Å². The van der Waals surface area contributed by atoms with Crippen molar-refractivity contribution in [1.82, 2.24) is 15.1 Å². The summed E-state index contributed by atoms with van der Waals surface area (Å²) >= 11 is 1.82. The Morgan fingerprint density at radius 2 is 2.14 bits per heavy atom. The van der Waals surface area contributed by atoms with Crippen molar-refractivity contribution < 1.29 is 4.79 Å². The molecule has 0 spiro atoms. The lowest BCUT2D eigenvalue weighted by molar-refractivity contribution is 0.0948. The van der Waals surface area contributed by atoms with E-state index >= 15 is 0 Å². The van der Waals surface area contributed by atoms with Gasteiger partial charge in [-0.1, -0.05) is 12.1 Å². The number of thioether (sulfide) groups is 1. The first-order chi connectivity index (χ1) is 10.2. The van der Waals surface area contributed by atoms with E-state index in [4.69, 9.17) is 5.73 Å².